The van der Waals surface area contributed by atoms with E-state index in [-0.39, 0.29) is 17.3 Å². The Bertz CT molecular complexity index is 1070. The molecular weight excluding hydrogens is 500 g/mol. The topological polar surface area (TPSA) is 79.6 Å². The van der Waals surface area contributed by atoms with Crippen molar-refractivity contribution in [2.75, 3.05) is 23.1 Å². The molecule has 1 aromatic heterocycles. The lowest BCUT2D eigenvalue weighted by Crippen LogP contribution is -2.41. The van der Waals surface area contributed by atoms with Gasteiger partial charge >= 0.3 is 0 Å². The minimum Gasteiger partial charge on any atom is -0.468 e. The van der Waals surface area contributed by atoms with Crippen molar-refractivity contribution in [2.24, 2.45) is 0 Å². The second kappa shape index (κ2) is 11.4. The van der Waals surface area contributed by atoms with E-state index in [2.05, 4.69) is 21.2 Å². The number of furan rings is 1. The molecular formula is C22H23BrN2O4S2. The molecule has 9 heteroatoms. The molecule has 0 saturated heterocycles. The zero-order chi connectivity index (χ0) is 22.1. The molecule has 0 aliphatic heterocycles. The summed E-state index contributed by atoms with van der Waals surface area (Å²) in [6.07, 6.45) is 2.43. The number of nitrogens with one attached hydrogen (secondary N) is 1. The molecule has 1 amide bonds. The number of carbonyl (C=O) groups is 1. The van der Waals surface area contributed by atoms with Crippen LogP contribution in [0.2, 0.25) is 0 Å². The Morgan fingerprint density at radius 3 is 2.58 bits per heavy atom. The van der Waals surface area contributed by atoms with Crippen LogP contribution in [-0.2, 0) is 20.6 Å². The lowest BCUT2D eigenvalue weighted by Gasteiger charge is -2.24. The molecule has 0 aliphatic rings. The normalized spacial score (nSPS) is 11.3. The predicted molar refractivity (Wildman–Crippen MR) is 128 cm³/mol. The molecule has 6 nitrogen and oxygen atoms in total. The average molecular weight is 523 g/mol. The summed E-state index contributed by atoms with van der Waals surface area (Å²) in [6.45, 7) is 0.176. The quantitative estimate of drug-likeness (QED) is 0.370. The highest BCUT2D eigenvalue weighted by Crippen LogP contribution is 2.26. The maximum atomic E-state index is 13.2. The molecule has 0 fully saturated rings. The van der Waals surface area contributed by atoms with Crippen LogP contribution in [0.25, 0.3) is 0 Å². The van der Waals surface area contributed by atoms with Crippen LogP contribution in [0.5, 0.6) is 0 Å². The molecule has 3 rings (SSSR count). The standard InChI is InChI=1S/C22H23BrN2O4S2/c23-18-7-4-8-19(15-18)25(31(27,28)21-10-2-1-3-11-21)16-22(26)24-12-6-14-30-17-20-9-5-13-29-20/h1-5,7-11,13,15H,6,12,14,16-17H2,(H,24,26). The van der Waals surface area contributed by atoms with Crippen molar-refractivity contribution in [1.29, 1.82) is 0 Å². The van der Waals surface area contributed by atoms with E-state index < -0.39 is 10.0 Å². The number of nitrogens with zero attached hydrogens (tertiary/aromatic N) is 1. The molecule has 1 heterocycles. The maximum absolute atomic E-state index is 13.2. The highest BCUT2D eigenvalue weighted by molar-refractivity contribution is 9.10. The average Bonchev–Trinajstić information content (AvgIpc) is 3.28. The molecule has 0 saturated carbocycles. The lowest BCUT2D eigenvalue weighted by atomic mass is 10.3. The van der Waals surface area contributed by atoms with Crippen LogP contribution in [-0.4, -0.2) is 33.2 Å². The van der Waals surface area contributed by atoms with E-state index in [4.69, 9.17) is 4.42 Å². The second-order valence-corrected chi connectivity index (χ2v) is 10.5. The molecule has 3 aromatic rings. The van der Waals surface area contributed by atoms with Crippen LogP contribution in [0.1, 0.15) is 12.2 Å². The van der Waals surface area contributed by atoms with Gasteiger partial charge < -0.3 is 9.73 Å². The summed E-state index contributed by atoms with van der Waals surface area (Å²) in [4.78, 5) is 12.7. The van der Waals surface area contributed by atoms with Crippen LogP contribution in [0.3, 0.4) is 0 Å². The first-order chi connectivity index (χ1) is 15.0. The van der Waals surface area contributed by atoms with Gasteiger partial charge in [0.2, 0.25) is 5.91 Å². The molecule has 2 aromatic carbocycles. The molecule has 1 N–H and O–H groups in total. The number of sulfonamides is 1. The molecule has 164 valence electrons. The lowest BCUT2D eigenvalue weighted by molar-refractivity contribution is -0.119. The van der Waals surface area contributed by atoms with Gasteiger partial charge in [-0.1, -0.05) is 40.2 Å². The smallest absolute Gasteiger partial charge is 0.264 e. The van der Waals surface area contributed by atoms with Crippen molar-refractivity contribution in [3.8, 4) is 0 Å². The Morgan fingerprint density at radius 1 is 1.06 bits per heavy atom. The largest absolute Gasteiger partial charge is 0.468 e. The number of amides is 1. The van der Waals surface area contributed by atoms with E-state index in [1.54, 1.807) is 60.5 Å². The third-order valence-electron chi connectivity index (χ3n) is 4.33. The molecule has 0 bridgehead atoms. The minimum atomic E-state index is -3.89. The van der Waals surface area contributed by atoms with Crippen LogP contribution in [0.4, 0.5) is 5.69 Å². The highest BCUT2D eigenvalue weighted by atomic mass is 79.9. The number of carbonyl (C=O) groups excluding carboxylic acids is 1. The van der Waals surface area contributed by atoms with Crippen molar-refractivity contribution >= 4 is 49.3 Å². The van der Waals surface area contributed by atoms with Gasteiger partial charge in [0.25, 0.3) is 10.0 Å². The van der Waals surface area contributed by atoms with Crippen molar-refractivity contribution in [1.82, 2.24) is 5.32 Å². The third kappa shape index (κ3) is 6.88. The first kappa shape index (κ1) is 23.4. The first-order valence-corrected chi connectivity index (χ1v) is 13.1. The van der Waals surface area contributed by atoms with Gasteiger partial charge in [0.15, 0.2) is 0 Å². The van der Waals surface area contributed by atoms with Gasteiger partial charge in [0.05, 0.1) is 22.6 Å². The summed E-state index contributed by atoms with van der Waals surface area (Å²) < 4.78 is 33.6. The summed E-state index contributed by atoms with van der Waals surface area (Å²) in [5.74, 6) is 2.21. The second-order valence-electron chi connectivity index (χ2n) is 6.64. The van der Waals surface area contributed by atoms with Crippen molar-refractivity contribution in [2.45, 2.75) is 17.1 Å². The van der Waals surface area contributed by atoms with Gasteiger partial charge in [0, 0.05) is 11.0 Å². The van der Waals surface area contributed by atoms with Crippen molar-refractivity contribution < 1.29 is 17.6 Å². The van der Waals surface area contributed by atoms with Crippen LogP contribution in [0.15, 0.2) is 86.8 Å². The van der Waals surface area contributed by atoms with Crippen LogP contribution >= 0.6 is 27.7 Å². The fourth-order valence-electron chi connectivity index (χ4n) is 2.82. The van der Waals surface area contributed by atoms with Gasteiger partial charge in [-0.2, -0.15) is 11.8 Å². The molecule has 0 spiro atoms. The molecule has 0 unspecified atom stereocenters. The monoisotopic (exact) mass is 522 g/mol. The fraction of sp³-hybridized carbons (Fsp3) is 0.227. The summed E-state index contributed by atoms with van der Waals surface area (Å²) >= 11 is 5.09. The fourth-order valence-corrected chi connectivity index (χ4v) is 5.50. The number of thioether (sulfide) groups is 1. The number of hydrogen-bond acceptors (Lipinski definition) is 5. The summed E-state index contributed by atoms with van der Waals surface area (Å²) in [7, 11) is -3.89. The van der Waals surface area contributed by atoms with Gasteiger partial charge in [0.1, 0.15) is 12.3 Å². The molecule has 0 aliphatic carbocycles. The van der Waals surface area contributed by atoms with Crippen LogP contribution in [0, 0.1) is 0 Å². The third-order valence-corrected chi connectivity index (χ3v) is 7.67. The zero-order valence-electron chi connectivity index (χ0n) is 16.7. The first-order valence-electron chi connectivity index (χ1n) is 9.67. The maximum Gasteiger partial charge on any atom is 0.264 e. The minimum absolute atomic E-state index is 0.136. The van der Waals surface area contributed by atoms with E-state index in [1.807, 2.05) is 12.1 Å². The zero-order valence-corrected chi connectivity index (χ0v) is 20.0. The van der Waals surface area contributed by atoms with Crippen molar-refractivity contribution in [3.05, 3.63) is 83.2 Å². The SMILES string of the molecule is O=C(CN(c1cccc(Br)c1)S(=O)(=O)c1ccccc1)NCCCSCc1ccco1. The van der Waals surface area contributed by atoms with Gasteiger partial charge in [-0.25, -0.2) is 8.42 Å². The Hall–Kier alpha value is -2.23. The van der Waals surface area contributed by atoms with E-state index in [0.717, 1.165) is 32.5 Å². The van der Waals surface area contributed by atoms with Crippen LogP contribution < -0.4 is 9.62 Å². The number of rotatable bonds is 11. The number of hydrogen-bond donors (Lipinski definition) is 1. The summed E-state index contributed by atoms with van der Waals surface area (Å²) in [5.41, 5.74) is 0.419. The van der Waals surface area contributed by atoms with E-state index in [0.29, 0.717) is 12.2 Å². The Morgan fingerprint density at radius 2 is 1.87 bits per heavy atom. The van der Waals surface area contributed by atoms with Gasteiger partial charge in [-0.15, -0.1) is 0 Å². The number of halogens is 1. The highest BCUT2D eigenvalue weighted by Gasteiger charge is 2.27. The van der Waals surface area contributed by atoms with E-state index in [1.165, 1.54) is 12.1 Å². The molecule has 0 atom stereocenters. The van der Waals surface area contributed by atoms with Crippen molar-refractivity contribution in [3.63, 3.8) is 0 Å². The number of benzene rings is 2. The molecule has 0 radical (unpaired) electrons. The predicted octanol–water partition coefficient (Wildman–Crippen LogP) is 4.68. The van der Waals surface area contributed by atoms with Gasteiger partial charge in [-0.05, 0) is 54.6 Å². The summed E-state index contributed by atoms with van der Waals surface area (Å²) in [5, 5.41) is 2.82. The summed E-state index contributed by atoms with van der Waals surface area (Å²) in [6, 6.07) is 18.8. The Kier molecular flexibility index (Phi) is 8.62. The Balaban J connectivity index is 1.60. The number of anilines is 1. The van der Waals surface area contributed by atoms with E-state index in [9.17, 15) is 13.2 Å². The van der Waals surface area contributed by atoms with E-state index >= 15 is 0 Å². The molecule has 31 heavy (non-hydrogen) atoms. The Labute approximate surface area is 195 Å². The van der Waals surface area contributed by atoms with Gasteiger partial charge in [-0.3, -0.25) is 9.10 Å².